The molecule has 0 saturated heterocycles. The third kappa shape index (κ3) is 5.10. The number of hydrogen-bond donors (Lipinski definition) is 0. The zero-order chi connectivity index (χ0) is 17.3. The molecule has 1 rings (SSSR count). The largest absolute Gasteiger partial charge is 0.314 e. The van der Waals surface area contributed by atoms with Gasteiger partial charge in [-0.2, -0.15) is 5.10 Å². The van der Waals surface area contributed by atoms with Crippen LogP contribution in [0.5, 0.6) is 0 Å². The van der Waals surface area contributed by atoms with Crippen molar-refractivity contribution in [3.63, 3.8) is 0 Å². The standard InChI is InChI=1S/C15H20N2O2.C3H8/c1-6-11-8-10(3)9-12(7-2)13(11)14(18)15(19)17(5)16-4;1-3-2/h8-9H,4,6-7H2,1-3,5H3;3H2,1-2H3. The summed E-state index contributed by atoms with van der Waals surface area (Å²) in [7, 11) is 1.43. The molecule has 0 N–H and O–H groups in total. The van der Waals surface area contributed by atoms with E-state index in [0.717, 1.165) is 21.7 Å². The molecule has 1 amide bonds. The van der Waals surface area contributed by atoms with Crippen LogP contribution < -0.4 is 0 Å². The normalized spacial score (nSPS) is 9.55. The van der Waals surface area contributed by atoms with Crippen molar-refractivity contribution >= 4 is 18.4 Å². The van der Waals surface area contributed by atoms with Gasteiger partial charge in [0.15, 0.2) is 0 Å². The molecule has 4 heteroatoms. The fraction of sp³-hybridized carbons (Fsp3) is 0.500. The predicted octanol–water partition coefficient (Wildman–Crippen LogP) is 3.79. The number of benzene rings is 1. The lowest BCUT2D eigenvalue weighted by molar-refractivity contribution is -0.125. The van der Waals surface area contributed by atoms with E-state index >= 15 is 0 Å². The molecule has 0 fully saturated rings. The molecule has 0 aromatic heterocycles. The summed E-state index contributed by atoms with van der Waals surface area (Å²) in [5.74, 6) is -1.16. The van der Waals surface area contributed by atoms with Crippen LogP contribution in [0, 0.1) is 6.92 Å². The lowest BCUT2D eigenvalue weighted by atomic mass is 9.92. The second kappa shape index (κ2) is 9.87. The minimum atomic E-state index is -0.650. The summed E-state index contributed by atoms with van der Waals surface area (Å²) in [4.78, 5) is 24.3. The number of nitrogens with zero attached hydrogens (tertiary/aromatic N) is 2. The maximum atomic E-state index is 12.3. The van der Waals surface area contributed by atoms with Gasteiger partial charge >= 0.3 is 5.91 Å². The average molecular weight is 304 g/mol. The maximum absolute atomic E-state index is 12.3. The minimum absolute atomic E-state index is 0.511. The van der Waals surface area contributed by atoms with Gasteiger partial charge in [-0.15, -0.1) is 0 Å². The number of rotatable bonds is 5. The highest BCUT2D eigenvalue weighted by Gasteiger charge is 2.24. The Morgan fingerprint density at radius 3 is 1.82 bits per heavy atom. The van der Waals surface area contributed by atoms with Gasteiger partial charge in [-0.3, -0.25) is 9.59 Å². The maximum Gasteiger partial charge on any atom is 0.314 e. The van der Waals surface area contributed by atoms with E-state index in [2.05, 4.69) is 25.7 Å². The SMILES string of the molecule is C=NN(C)C(=O)C(=O)c1c(CC)cc(C)cc1CC.CCC. The molecule has 0 spiro atoms. The smallest absolute Gasteiger partial charge is 0.283 e. The monoisotopic (exact) mass is 304 g/mol. The van der Waals surface area contributed by atoms with Gasteiger partial charge in [0, 0.05) is 19.3 Å². The molecule has 0 bridgehead atoms. The van der Waals surface area contributed by atoms with Crippen LogP contribution in [0.2, 0.25) is 0 Å². The summed E-state index contributed by atoms with van der Waals surface area (Å²) < 4.78 is 0. The first-order chi connectivity index (χ1) is 10.4. The van der Waals surface area contributed by atoms with Gasteiger partial charge in [0.1, 0.15) is 0 Å². The highest BCUT2D eigenvalue weighted by Crippen LogP contribution is 2.20. The summed E-state index contributed by atoms with van der Waals surface area (Å²) in [6.45, 7) is 13.5. The van der Waals surface area contributed by atoms with Crippen molar-refractivity contribution in [2.24, 2.45) is 5.10 Å². The van der Waals surface area contributed by atoms with Gasteiger partial charge in [-0.05, 0) is 30.9 Å². The molecule has 0 atom stereocenters. The fourth-order valence-electron chi connectivity index (χ4n) is 2.11. The number of hydrazone groups is 1. The Bertz CT molecular complexity index is 511. The van der Waals surface area contributed by atoms with Crippen molar-refractivity contribution in [3.8, 4) is 0 Å². The molecule has 122 valence electrons. The Morgan fingerprint density at radius 1 is 1.09 bits per heavy atom. The Kier molecular flexibility index (Phi) is 8.99. The summed E-state index contributed by atoms with van der Waals surface area (Å²) >= 11 is 0. The third-order valence-corrected chi connectivity index (χ3v) is 3.14. The molecular weight excluding hydrogens is 276 g/mol. The summed E-state index contributed by atoms with van der Waals surface area (Å²) in [6.07, 6.45) is 2.68. The van der Waals surface area contributed by atoms with Gasteiger partial charge in [-0.25, -0.2) is 5.01 Å². The minimum Gasteiger partial charge on any atom is -0.283 e. The highest BCUT2D eigenvalue weighted by molar-refractivity contribution is 6.43. The quantitative estimate of drug-likeness (QED) is 0.359. The molecule has 1 aromatic rings. The van der Waals surface area contributed by atoms with Crippen LogP contribution in [-0.4, -0.2) is 30.5 Å². The summed E-state index contributed by atoms with van der Waals surface area (Å²) in [5.41, 5.74) is 3.45. The first kappa shape index (κ1) is 20.0. The van der Waals surface area contributed by atoms with Crippen LogP contribution >= 0.6 is 0 Å². The predicted molar refractivity (Wildman–Crippen MR) is 92.5 cm³/mol. The van der Waals surface area contributed by atoms with Crippen LogP contribution in [0.15, 0.2) is 17.2 Å². The van der Waals surface area contributed by atoms with Gasteiger partial charge < -0.3 is 0 Å². The number of likely N-dealkylation sites (N-methyl/N-ethyl adjacent to an activating group) is 1. The Hall–Kier alpha value is -1.97. The zero-order valence-corrected chi connectivity index (χ0v) is 14.7. The van der Waals surface area contributed by atoms with Gasteiger partial charge in [-0.1, -0.05) is 51.8 Å². The number of carbonyl (C=O) groups excluding carboxylic acids is 2. The zero-order valence-electron chi connectivity index (χ0n) is 14.7. The molecule has 22 heavy (non-hydrogen) atoms. The first-order valence-electron chi connectivity index (χ1n) is 7.79. The van der Waals surface area contributed by atoms with Crippen molar-refractivity contribution in [1.29, 1.82) is 0 Å². The van der Waals surface area contributed by atoms with E-state index in [1.165, 1.54) is 13.5 Å². The second-order valence-corrected chi connectivity index (χ2v) is 5.17. The van der Waals surface area contributed by atoms with E-state index < -0.39 is 11.7 Å². The van der Waals surface area contributed by atoms with Crippen LogP contribution in [0.1, 0.15) is 61.2 Å². The van der Waals surface area contributed by atoms with E-state index in [9.17, 15) is 9.59 Å². The Morgan fingerprint density at radius 2 is 1.50 bits per heavy atom. The molecule has 0 aliphatic carbocycles. The second-order valence-electron chi connectivity index (χ2n) is 5.17. The van der Waals surface area contributed by atoms with Gasteiger partial charge in [0.2, 0.25) is 0 Å². The molecule has 0 saturated carbocycles. The van der Waals surface area contributed by atoms with Crippen LogP contribution in [0.4, 0.5) is 0 Å². The molecule has 0 aliphatic heterocycles. The van der Waals surface area contributed by atoms with Crippen molar-refractivity contribution in [2.45, 2.75) is 53.9 Å². The number of aryl methyl sites for hydroxylation is 3. The third-order valence-electron chi connectivity index (χ3n) is 3.14. The summed E-state index contributed by atoms with van der Waals surface area (Å²) in [5, 5.41) is 4.45. The lowest BCUT2D eigenvalue weighted by Gasteiger charge is -2.15. The number of hydrogen-bond acceptors (Lipinski definition) is 3. The Labute approximate surface area is 134 Å². The van der Waals surface area contributed by atoms with Crippen molar-refractivity contribution in [3.05, 3.63) is 34.4 Å². The van der Waals surface area contributed by atoms with Crippen LogP contribution in [-0.2, 0) is 17.6 Å². The summed E-state index contributed by atoms with van der Waals surface area (Å²) in [6, 6.07) is 3.92. The number of carbonyl (C=O) groups is 2. The molecular formula is C18H28N2O2. The van der Waals surface area contributed by atoms with Gasteiger partial charge in [0.25, 0.3) is 5.78 Å². The molecule has 0 aliphatic rings. The van der Waals surface area contributed by atoms with Crippen molar-refractivity contribution in [2.75, 3.05) is 7.05 Å². The van der Waals surface area contributed by atoms with E-state index in [1.54, 1.807) is 0 Å². The first-order valence-corrected chi connectivity index (χ1v) is 7.79. The molecule has 0 heterocycles. The average Bonchev–Trinajstić information content (AvgIpc) is 2.52. The van der Waals surface area contributed by atoms with Crippen LogP contribution in [0.3, 0.4) is 0 Å². The van der Waals surface area contributed by atoms with E-state index in [4.69, 9.17) is 0 Å². The Balaban J connectivity index is 0.00000135. The lowest BCUT2D eigenvalue weighted by Crippen LogP contribution is -2.30. The van der Waals surface area contributed by atoms with Crippen molar-refractivity contribution in [1.82, 2.24) is 5.01 Å². The van der Waals surface area contributed by atoms with Crippen molar-refractivity contribution < 1.29 is 9.59 Å². The van der Waals surface area contributed by atoms with E-state index in [0.29, 0.717) is 18.4 Å². The number of ketones is 1. The fourth-order valence-corrected chi connectivity index (χ4v) is 2.11. The van der Waals surface area contributed by atoms with E-state index in [-0.39, 0.29) is 0 Å². The topological polar surface area (TPSA) is 49.7 Å². The molecule has 0 radical (unpaired) electrons. The van der Waals surface area contributed by atoms with Crippen LogP contribution in [0.25, 0.3) is 0 Å². The van der Waals surface area contributed by atoms with E-state index in [1.807, 2.05) is 32.9 Å². The highest BCUT2D eigenvalue weighted by atomic mass is 16.2. The molecule has 0 unspecified atom stereocenters. The van der Waals surface area contributed by atoms with Gasteiger partial charge in [0.05, 0.1) is 0 Å². The molecule has 1 aromatic carbocycles. The number of Topliss-reactive ketones (excluding diaryl/α,β-unsaturated/α-hetero) is 1. The molecule has 4 nitrogen and oxygen atoms in total. The number of amides is 1.